The first-order chi connectivity index (χ1) is 19.7. The van der Waals surface area contributed by atoms with Gasteiger partial charge in [-0.1, -0.05) is 67.3 Å². The number of nitrogens with zero attached hydrogens (tertiary/aromatic N) is 2. The number of ether oxygens (including phenoxy) is 1. The number of carbonyl (C=O) groups excluding carboxylic acids is 2. The van der Waals surface area contributed by atoms with Crippen molar-refractivity contribution in [3.63, 3.8) is 0 Å². The van der Waals surface area contributed by atoms with Crippen molar-refractivity contribution in [3.05, 3.63) is 90.0 Å². The monoisotopic (exact) mass is 577 g/mol. The van der Waals surface area contributed by atoms with E-state index in [4.69, 9.17) is 4.74 Å². The van der Waals surface area contributed by atoms with Gasteiger partial charge in [0.15, 0.2) is 0 Å². The van der Waals surface area contributed by atoms with E-state index in [9.17, 15) is 18.0 Å². The number of aryl methyl sites for hydroxylation is 1. The van der Waals surface area contributed by atoms with E-state index in [1.165, 1.54) is 24.1 Å². The van der Waals surface area contributed by atoms with E-state index in [0.717, 1.165) is 47.5 Å². The topological polar surface area (TPSA) is 96.0 Å². The average Bonchev–Trinajstić information content (AvgIpc) is 3.00. The van der Waals surface area contributed by atoms with Crippen LogP contribution in [0.4, 0.5) is 5.69 Å². The van der Waals surface area contributed by atoms with Gasteiger partial charge in [0.2, 0.25) is 11.8 Å². The van der Waals surface area contributed by atoms with Gasteiger partial charge in [0.25, 0.3) is 10.0 Å². The maximum atomic E-state index is 14.0. The largest absolute Gasteiger partial charge is 0.497 e. The molecule has 0 spiro atoms. The first kappa shape index (κ1) is 30.1. The first-order valence-corrected chi connectivity index (χ1v) is 15.5. The van der Waals surface area contributed by atoms with Gasteiger partial charge in [0.1, 0.15) is 18.3 Å². The molecular formula is C32H39N3O5S. The van der Waals surface area contributed by atoms with Crippen LogP contribution in [0, 0.1) is 6.92 Å². The number of amides is 2. The van der Waals surface area contributed by atoms with Crippen LogP contribution in [0.5, 0.6) is 5.75 Å². The summed E-state index contributed by atoms with van der Waals surface area (Å²) in [7, 11) is -2.62. The van der Waals surface area contributed by atoms with Crippen molar-refractivity contribution in [1.82, 2.24) is 10.2 Å². The van der Waals surface area contributed by atoms with Crippen molar-refractivity contribution in [1.29, 1.82) is 0 Å². The van der Waals surface area contributed by atoms with Gasteiger partial charge in [-0.3, -0.25) is 13.9 Å². The zero-order chi connectivity index (χ0) is 29.4. The van der Waals surface area contributed by atoms with Crippen LogP contribution in [0.25, 0.3) is 0 Å². The molecule has 1 fully saturated rings. The predicted octanol–water partition coefficient (Wildman–Crippen LogP) is 5.07. The third-order valence-corrected chi connectivity index (χ3v) is 9.35. The zero-order valence-electron chi connectivity index (χ0n) is 24.0. The summed E-state index contributed by atoms with van der Waals surface area (Å²) in [5, 5.41) is 3.12. The summed E-state index contributed by atoms with van der Waals surface area (Å²) in [6.45, 7) is 3.39. The molecule has 3 aromatic rings. The second kappa shape index (κ2) is 13.7. The summed E-state index contributed by atoms with van der Waals surface area (Å²) in [6.07, 6.45) is 5.15. The fraction of sp³-hybridized carbons (Fsp3) is 0.375. The Kier molecular flexibility index (Phi) is 10.0. The fourth-order valence-corrected chi connectivity index (χ4v) is 6.45. The van der Waals surface area contributed by atoms with Gasteiger partial charge in [0.05, 0.1) is 17.7 Å². The molecule has 0 bridgehead atoms. The van der Waals surface area contributed by atoms with Gasteiger partial charge >= 0.3 is 0 Å². The molecule has 1 aliphatic carbocycles. The summed E-state index contributed by atoms with van der Waals surface area (Å²) in [5.74, 6) is -0.187. The molecule has 0 aromatic heterocycles. The van der Waals surface area contributed by atoms with Crippen LogP contribution in [0.2, 0.25) is 0 Å². The first-order valence-electron chi connectivity index (χ1n) is 14.1. The number of hydrogen-bond acceptors (Lipinski definition) is 5. The second-order valence-electron chi connectivity index (χ2n) is 10.5. The number of anilines is 1. The molecule has 4 rings (SSSR count). The Bertz CT molecular complexity index is 1400. The Labute approximate surface area is 243 Å². The minimum atomic E-state index is -4.13. The summed E-state index contributed by atoms with van der Waals surface area (Å²) in [4.78, 5) is 28.9. The van der Waals surface area contributed by atoms with Crippen molar-refractivity contribution in [3.8, 4) is 5.75 Å². The number of carbonyl (C=O) groups is 2. The lowest BCUT2D eigenvalue weighted by atomic mass is 9.95. The smallest absolute Gasteiger partial charge is 0.264 e. The number of methoxy groups -OCH3 is 1. The molecule has 8 nitrogen and oxygen atoms in total. The number of sulfonamides is 1. The molecule has 0 heterocycles. The van der Waals surface area contributed by atoms with E-state index < -0.39 is 28.5 Å². The van der Waals surface area contributed by atoms with Crippen LogP contribution >= 0.6 is 0 Å². The molecule has 1 N–H and O–H groups in total. The van der Waals surface area contributed by atoms with E-state index in [0.29, 0.717) is 11.4 Å². The molecular weight excluding hydrogens is 538 g/mol. The lowest BCUT2D eigenvalue weighted by Gasteiger charge is -2.33. The summed E-state index contributed by atoms with van der Waals surface area (Å²) in [5.41, 5.74) is 2.28. The highest BCUT2D eigenvalue weighted by Crippen LogP contribution is 2.26. The molecule has 0 unspecified atom stereocenters. The highest BCUT2D eigenvalue weighted by Gasteiger charge is 2.33. The van der Waals surface area contributed by atoms with Gasteiger partial charge in [-0.25, -0.2) is 8.42 Å². The van der Waals surface area contributed by atoms with Crippen molar-refractivity contribution in [2.75, 3.05) is 18.0 Å². The van der Waals surface area contributed by atoms with E-state index in [1.54, 1.807) is 49.4 Å². The van der Waals surface area contributed by atoms with Crippen LogP contribution in [-0.2, 0) is 26.2 Å². The van der Waals surface area contributed by atoms with Crippen molar-refractivity contribution >= 4 is 27.5 Å². The van der Waals surface area contributed by atoms with Crippen LogP contribution in [0.1, 0.15) is 50.2 Å². The Morgan fingerprint density at radius 1 is 0.927 bits per heavy atom. The molecule has 1 atom stereocenters. The van der Waals surface area contributed by atoms with E-state index >= 15 is 0 Å². The summed E-state index contributed by atoms with van der Waals surface area (Å²) < 4.78 is 34.1. The van der Waals surface area contributed by atoms with Gasteiger partial charge in [0, 0.05) is 12.6 Å². The molecule has 9 heteroatoms. The number of rotatable bonds is 11. The maximum Gasteiger partial charge on any atom is 0.264 e. The Hall–Kier alpha value is -3.85. The molecule has 0 saturated heterocycles. The molecule has 218 valence electrons. The normalized spacial score (nSPS) is 14.6. The fourth-order valence-electron chi connectivity index (χ4n) is 5.04. The Balaban J connectivity index is 1.65. The van der Waals surface area contributed by atoms with E-state index in [1.807, 2.05) is 31.2 Å². The molecule has 2 amide bonds. The van der Waals surface area contributed by atoms with Gasteiger partial charge in [-0.05, 0) is 68.7 Å². The lowest BCUT2D eigenvalue weighted by Crippen LogP contribution is -2.53. The standard InChI is InChI=1S/C32H39N3O5S/c1-24-14-16-26(17-15-24)22-34(25(2)32(37)33-27-10-6-4-7-11-27)31(36)23-35(28-12-8-5-9-13-28)41(38,39)30-20-18-29(40-3)19-21-30/h5,8-9,12-21,25,27H,4,6-7,10-11,22-23H2,1-3H3,(H,33,37)/t25-/m1/s1. The minimum Gasteiger partial charge on any atom is -0.497 e. The van der Waals surface area contributed by atoms with E-state index in [2.05, 4.69) is 5.32 Å². The Morgan fingerprint density at radius 2 is 1.56 bits per heavy atom. The van der Waals surface area contributed by atoms with Crippen molar-refractivity contribution in [2.24, 2.45) is 0 Å². The van der Waals surface area contributed by atoms with E-state index in [-0.39, 0.29) is 23.4 Å². The SMILES string of the molecule is COc1ccc(S(=O)(=O)N(CC(=O)N(Cc2ccc(C)cc2)[C@H](C)C(=O)NC2CCCCC2)c2ccccc2)cc1. The summed E-state index contributed by atoms with van der Waals surface area (Å²) in [6, 6.07) is 21.6. The van der Waals surface area contributed by atoms with Gasteiger partial charge in [-0.15, -0.1) is 0 Å². The second-order valence-corrected chi connectivity index (χ2v) is 12.4. The van der Waals surface area contributed by atoms with Crippen LogP contribution < -0.4 is 14.4 Å². The van der Waals surface area contributed by atoms with Crippen LogP contribution in [0.3, 0.4) is 0 Å². The van der Waals surface area contributed by atoms with Crippen molar-refractivity contribution in [2.45, 2.75) is 69.5 Å². The number of para-hydroxylation sites is 1. The maximum absolute atomic E-state index is 14.0. The van der Waals surface area contributed by atoms with Crippen LogP contribution in [0.15, 0.2) is 83.8 Å². The van der Waals surface area contributed by atoms with Gasteiger partial charge < -0.3 is 15.0 Å². The van der Waals surface area contributed by atoms with Crippen molar-refractivity contribution < 1.29 is 22.7 Å². The molecule has 1 saturated carbocycles. The Morgan fingerprint density at radius 3 is 2.17 bits per heavy atom. The number of nitrogens with one attached hydrogen (secondary N) is 1. The quantitative estimate of drug-likeness (QED) is 0.344. The average molecular weight is 578 g/mol. The van der Waals surface area contributed by atoms with Crippen LogP contribution in [-0.4, -0.2) is 50.9 Å². The molecule has 1 aliphatic rings. The summed E-state index contributed by atoms with van der Waals surface area (Å²) >= 11 is 0. The van der Waals surface area contributed by atoms with Gasteiger partial charge in [-0.2, -0.15) is 0 Å². The predicted molar refractivity (Wildman–Crippen MR) is 160 cm³/mol. The lowest BCUT2D eigenvalue weighted by molar-refractivity contribution is -0.139. The minimum absolute atomic E-state index is 0.0307. The molecule has 0 aliphatic heterocycles. The third-order valence-electron chi connectivity index (χ3n) is 7.56. The number of benzene rings is 3. The molecule has 3 aromatic carbocycles. The molecule has 41 heavy (non-hydrogen) atoms. The zero-order valence-corrected chi connectivity index (χ0v) is 24.8. The molecule has 0 radical (unpaired) electrons. The highest BCUT2D eigenvalue weighted by atomic mass is 32.2. The number of hydrogen-bond donors (Lipinski definition) is 1. The highest BCUT2D eigenvalue weighted by molar-refractivity contribution is 7.92. The third kappa shape index (κ3) is 7.67.